The van der Waals surface area contributed by atoms with Gasteiger partial charge >= 0.3 is 6.09 Å². The van der Waals surface area contributed by atoms with Gasteiger partial charge < -0.3 is 30.9 Å². The Labute approximate surface area is 197 Å². The topological polar surface area (TPSA) is 117 Å². The standard InChI is InChI=1S/C24H39N5O4/c1-7-17-15-28(11-8-12-29(17)23(32)33-24(4,5)6)18-9-10-20(25)19(13-18)22(31)26-14-21(30)27-16(2)3/h9-10,13,16-17H,7-8,11-12,14-15,25H2,1-6H3,(H,26,31)(H,27,30). The minimum Gasteiger partial charge on any atom is -0.444 e. The fourth-order valence-corrected chi connectivity index (χ4v) is 3.77. The van der Waals surface area contributed by atoms with Crippen LogP contribution in [0.25, 0.3) is 0 Å². The number of nitrogen functional groups attached to an aromatic ring is 1. The van der Waals surface area contributed by atoms with Crippen LogP contribution in [0.5, 0.6) is 0 Å². The summed E-state index contributed by atoms with van der Waals surface area (Å²) in [4.78, 5) is 41.3. The number of nitrogens with one attached hydrogen (secondary N) is 2. The molecule has 1 unspecified atom stereocenters. The van der Waals surface area contributed by atoms with Crippen molar-refractivity contribution in [1.82, 2.24) is 15.5 Å². The van der Waals surface area contributed by atoms with Gasteiger partial charge in [-0.3, -0.25) is 9.59 Å². The molecule has 0 bridgehead atoms. The Balaban J connectivity index is 2.14. The second-order valence-corrected chi connectivity index (χ2v) is 9.71. The van der Waals surface area contributed by atoms with Crippen molar-refractivity contribution in [3.63, 3.8) is 0 Å². The average Bonchev–Trinajstić information content (AvgIpc) is 2.93. The van der Waals surface area contributed by atoms with Crippen LogP contribution in [0.15, 0.2) is 18.2 Å². The molecule has 9 heteroatoms. The molecule has 1 aromatic carbocycles. The van der Waals surface area contributed by atoms with Gasteiger partial charge in [-0.05, 0) is 65.7 Å². The Morgan fingerprint density at radius 3 is 2.52 bits per heavy atom. The van der Waals surface area contributed by atoms with Gasteiger partial charge in [0.2, 0.25) is 5.91 Å². The lowest BCUT2D eigenvalue weighted by atomic mass is 10.1. The van der Waals surface area contributed by atoms with Crippen molar-refractivity contribution in [2.75, 3.05) is 36.8 Å². The molecule has 0 aliphatic carbocycles. The van der Waals surface area contributed by atoms with E-state index in [1.54, 1.807) is 12.1 Å². The number of nitrogens with zero attached hydrogens (tertiary/aromatic N) is 2. The Morgan fingerprint density at radius 1 is 1.21 bits per heavy atom. The number of anilines is 2. The molecular formula is C24H39N5O4. The number of rotatable bonds is 6. The van der Waals surface area contributed by atoms with Gasteiger partial charge in [-0.25, -0.2) is 4.79 Å². The maximum absolute atomic E-state index is 12.7. The second kappa shape index (κ2) is 11.2. The van der Waals surface area contributed by atoms with Crippen molar-refractivity contribution in [2.24, 2.45) is 0 Å². The molecule has 1 aliphatic heterocycles. The summed E-state index contributed by atoms with van der Waals surface area (Å²) in [6.07, 6.45) is 1.26. The van der Waals surface area contributed by atoms with Crippen molar-refractivity contribution in [1.29, 1.82) is 0 Å². The van der Waals surface area contributed by atoms with Crippen LogP contribution < -0.4 is 21.3 Å². The first kappa shape index (κ1) is 26.3. The fraction of sp³-hybridized carbons (Fsp3) is 0.625. The first-order valence-electron chi connectivity index (χ1n) is 11.6. The normalized spacial score (nSPS) is 16.9. The van der Waals surface area contributed by atoms with Gasteiger partial charge in [0.15, 0.2) is 0 Å². The zero-order chi connectivity index (χ0) is 24.8. The number of nitrogens with two attached hydrogens (primary N) is 1. The van der Waals surface area contributed by atoms with Gasteiger partial charge in [-0.1, -0.05) is 6.92 Å². The van der Waals surface area contributed by atoms with Gasteiger partial charge in [0.25, 0.3) is 5.91 Å². The van der Waals surface area contributed by atoms with E-state index in [1.807, 2.05) is 45.6 Å². The van der Waals surface area contributed by atoms with E-state index in [0.29, 0.717) is 24.3 Å². The lowest BCUT2D eigenvalue weighted by molar-refractivity contribution is -0.120. The number of hydrogen-bond acceptors (Lipinski definition) is 6. The summed E-state index contributed by atoms with van der Waals surface area (Å²) >= 11 is 0. The first-order chi connectivity index (χ1) is 15.4. The maximum Gasteiger partial charge on any atom is 0.410 e. The molecule has 3 amide bonds. The van der Waals surface area contributed by atoms with Crippen LogP contribution in [-0.4, -0.2) is 66.7 Å². The van der Waals surface area contributed by atoms with Crippen LogP contribution in [0.3, 0.4) is 0 Å². The number of carbonyl (C=O) groups excluding carboxylic acids is 3. The van der Waals surface area contributed by atoms with Crippen LogP contribution in [0.2, 0.25) is 0 Å². The van der Waals surface area contributed by atoms with Gasteiger partial charge in [0.1, 0.15) is 5.60 Å². The largest absolute Gasteiger partial charge is 0.444 e. The van der Waals surface area contributed by atoms with Crippen LogP contribution in [-0.2, 0) is 9.53 Å². The highest BCUT2D eigenvalue weighted by molar-refractivity contribution is 6.01. The summed E-state index contributed by atoms with van der Waals surface area (Å²) < 4.78 is 5.61. The van der Waals surface area contributed by atoms with Crippen molar-refractivity contribution in [3.8, 4) is 0 Å². The summed E-state index contributed by atoms with van der Waals surface area (Å²) in [5, 5.41) is 5.37. The lowest BCUT2D eigenvalue weighted by Gasteiger charge is -2.33. The summed E-state index contributed by atoms with van der Waals surface area (Å²) in [6, 6.07) is 5.32. The predicted molar refractivity (Wildman–Crippen MR) is 130 cm³/mol. The van der Waals surface area contributed by atoms with Crippen molar-refractivity contribution in [2.45, 2.75) is 72.1 Å². The minimum atomic E-state index is -0.549. The monoisotopic (exact) mass is 461 g/mol. The molecule has 1 aliphatic rings. The number of benzene rings is 1. The Kier molecular flexibility index (Phi) is 8.96. The molecule has 1 aromatic rings. The highest BCUT2D eigenvalue weighted by Crippen LogP contribution is 2.25. The maximum atomic E-state index is 12.7. The van der Waals surface area contributed by atoms with E-state index < -0.39 is 11.5 Å². The number of carbonyl (C=O) groups is 3. The Hall–Kier alpha value is -2.97. The van der Waals surface area contributed by atoms with Gasteiger partial charge in [0, 0.05) is 37.1 Å². The van der Waals surface area contributed by atoms with E-state index in [-0.39, 0.29) is 30.6 Å². The number of hydrogen-bond donors (Lipinski definition) is 3. The van der Waals surface area contributed by atoms with E-state index in [2.05, 4.69) is 22.5 Å². The Bertz CT molecular complexity index is 850. The van der Waals surface area contributed by atoms with Crippen LogP contribution >= 0.6 is 0 Å². The summed E-state index contributed by atoms with van der Waals surface area (Å²) in [5.74, 6) is -0.654. The predicted octanol–water partition coefficient (Wildman–Crippen LogP) is 2.75. The molecule has 9 nitrogen and oxygen atoms in total. The molecule has 184 valence electrons. The van der Waals surface area contributed by atoms with E-state index in [0.717, 1.165) is 25.1 Å². The van der Waals surface area contributed by atoms with Gasteiger partial charge in [0.05, 0.1) is 18.2 Å². The molecule has 4 N–H and O–H groups in total. The van der Waals surface area contributed by atoms with E-state index in [4.69, 9.17) is 10.5 Å². The quantitative estimate of drug-likeness (QED) is 0.561. The molecule has 1 atom stereocenters. The molecule has 0 spiro atoms. The molecule has 0 aromatic heterocycles. The molecule has 1 heterocycles. The van der Waals surface area contributed by atoms with Crippen LogP contribution in [0.1, 0.15) is 64.7 Å². The third-order valence-electron chi connectivity index (χ3n) is 5.30. The molecule has 0 radical (unpaired) electrons. The van der Waals surface area contributed by atoms with Crippen molar-refractivity contribution in [3.05, 3.63) is 23.8 Å². The molecule has 33 heavy (non-hydrogen) atoms. The smallest absolute Gasteiger partial charge is 0.410 e. The molecular weight excluding hydrogens is 422 g/mol. The SMILES string of the molecule is CCC1CN(c2ccc(N)c(C(=O)NCC(=O)NC(C)C)c2)CCCN1C(=O)OC(C)(C)C. The first-order valence-corrected chi connectivity index (χ1v) is 11.6. The zero-order valence-corrected chi connectivity index (χ0v) is 20.7. The summed E-state index contributed by atoms with van der Waals surface area (Å²) in [5.41, 5.74) is 7.04. The highest BCUT2D eigenvalue weighted by Gasteiger charge is 2.31. The van der Waals surface area contributed by atoms with E-state index in [1.165, 1.54) is 0 Å². The Morgan fingerprint density at radius 2 is 1.91 bits per heavy atom. The van der Waals surface area contributed by atoms with Gasteiger partial charge in [-0.15, -0.1) is 0 Å². The zero-order valence-electron chi connectivity index (χ0n) is 20.7. The number of amides is 3. The van der Waals surface area contributed by atoms with Crippen molar-refractivity contribution >= 4 is 29.3 Å². The second-order valence-electron chi connectivity index (χ2n) is 9.71. The van der Waals surface area contributed by atoms with Crippen LogP contribution in [0, 0.1) is 0 Å². The molecule has 2 rings (SSSR count). The lowest BCUT2D eigenvalue weighted by Crippen LogP contribution is -2.46. The molecule has 0 saturated carbocycles. The fourth-order valence-electron chi connectivity index (χ4n) is 3.77. The third kappa shape index (κ3) is 7.83. The van der Waals surface area contributed by atoms with Gasteiger partial charge in [-0.2, -0.15) is 0 Å². The molecule has 1 saturated heterocycles. The summed E-state index contributed by atoms with van der Waals surface area (Å²) in [7, 11) is 0. The average molecular weight is 462 g/mol. The third-order valence-corrected chi connectivity index (χ3v) is 5.30. The van der Waals surface area contributed by atoms with Crippen LogP contribution in [0.4, 0.5) is 16.2 Å². The molecule has 1 fully saturated rings. The number of ether oxygens (including phenoxy) is 1. The minimum absolute atomic E-state index is 0.00223. The van der Waals surface area contributed by atoms with E-state index in [9.17, 15) is 14.4 Å². The van der Waals surface area contributed by atoms with Crippen molar-refractivity contribution < 1.29 is 19.1 Å². The van der Waals surface area contributed by atoms with E-state index >= 15 is 0 Å². The summed E-state index contributed by atoms with van der Waals surface area (Å²) in [6.45, 7) is 13.2. The highest BCUT2D eigenvalue weighted by atomic mass is 16.6.